The molecule has 82 valence electrons. The number of allylic oxidation sites excluding steroid dienone is 1. The maximum atomic E-state index is 5.55. The van der Waals surface area contributed by atoms with Crippen molar-refractivity contribution in [1.82, 2.24) is 4.98 Å². The molecule has 0 bridgehead atoms. The molecule has 1 aromatic rings. The highest BCUT2D eigenvalue weighted by Crippen LogP contribution is 2.12. The average Bonchev–Trinajstić information content (AvgIpc) is 2.25. The lowest BCUT2D eigenvalue weighted by molar-refractivity contribution is 0.299. The summed E-state index contributed by atoms with van der Waals surface area (Å²) >= 11 is 0. The second-order valence-electron chi connectivity index (χ2n) is 3.38. The first-order valence-corrected chi connectivity index (χ1v) is 5.18. The topological polar surface area (TPSA) is 48.1 Å². The van der Waals surface area contributed by atoms with Gasteiger partial charge in [-0.15, -0.1) is 6.58 Å². The number of hydrogen-bond acceptors (Lipinski definition) is 3. The summed E-state index contributed by atoms with van der Waals surface area (Å²) in [6.45, 7) is 6.80. The third kappa shape index (κ3) is 3.72. The molecule has 0 fully saturated rings. The minimum Gasteiger partial charge on any atom is -0.478 e. The number of rotatable bonds is 6. The zero-order valence-electron chi connectivity index (χ0n) is 9.20. The Bertz CT molecular complexity index is 323. The van der Waals surface area contributed by atoms with Crippen LogP contribution in [0, 0.1) is 6.92 Å². The number of nitrogens with zero attached hydrogens (tertiary/aromatic N) is 1. The van der Waals surface area contributed by atoms with E-state index >= 15 is 0 Å². The fourth-order valence-electron chi connectivity index (χ4n) is 1.27. The molecule has 3 nitrogen and oxygen atoms in total. The van der Waals surface area contributed by atoms with Crippen molar-refractivity contribution in [2.45, 2.75) is 26.3 Å². The van der Waals surface area contributed by atoms with Crippen molar-refractivity contribution in [3.8, 4) is 5.88 Å². The summed E-state index contributed by atoms with van der Waals surface area (Å²) in [6, 6.07) is 3.83. The van der Waals surface area contributed by atoms with E-state index in [2.05, 4.69) is 11.6 Å². The Labute approximate surface area is 91.0 Å². The fraction of sp³-hybridized carbons (Fsp3) is 0.417. The average molecular weight is 206 g/mol. The number of ether oxygens (including phenoxy) is 1. The summed E-state index contributed by atoms with van der Waals surface area (Å²) in [4.78, 5) is 4.31. The summed E-state index contributed by atoms with van der Waals surface area (Å²) in [6.07, 6.45) is 3.84. The number of aryl methyl sites for hydroxylation is 1. The van der Waals surface area contributed by atoms with Gasteiger partial charge in [-0.25, -0.2) is 4.98 Å². The van der Waals surface area contributed by atoms with E-state index < -0.39 is 0 Å². The molecule has 0 aromatic carbocycles. The molecule has 0 saturated carbocycles. The normalized spacial score (nSPS) is 10.0. The number of hydrogen-bond donors (Lipinski definition) is 1. The predicted molar refractivity (Wildman–Crippen MR) is 61.8 cm³/mol. The van der Waals surface area contributed by atoms with Crippen LogP contribution in [0.3, 0.4) is 0 Å². The second kappa shape index (κ2) is 6.19. The monoisotopic (exact) mass is 206 g/mol. The van der Waals surface area contributed by atoms with Gasteiger partial charge in [0.1, 0.15) is 0 Å². The summed E-state index contributed by atoms with van der Waals surface area (Å²) < 4.78 is 5.49. The van der Waals surface area contributed by atoms with Gasteiger partial charge in [-0.05, 0) is 25.3 Å². The molecule has 1 rings (SSSR count). The Morgan fingerprint density at radius 3 is 2.93 bits per heavy atom. The van der Waals surface area contributed by atoms with E-state index in [4.69, 9.17) is 10.5 Å². The van der Waals surface area contributed by atoms with Crippen LogP contribution in [-0.2, 0) is 6.54 Å². The van der Waals surface area contributed by atoms with E-state index in [1.807, 2.05) is 25.1 Å². The molecule has 0 amide bonds. The van der Waals surface area contributed by atoms with Crippen molar-refractivity contribution in [3.05, 3.63) is 36.0 Å². The van der Waals surface area contributed by atoms with Crippen molar-refractivity contribution in [3.63, 3.8) is 0 Å². The van der Waals surface area contributed by atoms with Crippen LogP contribution in [0.15, 0.2) is 24.8 Å². The zero-order valence-corrected chi connectivity index (χ0v) is 9.20. The van der Waals surface area contributed by atoms with Crippen molar-refractivity contribution >= 4 is 0 Å². The molecule has 15 heavy (non-hydrogen) atoms. The molecule has 3 heteroatoms. The Kier molecular flexibility index (Phi) is 4.84. The van der Waals surface area contributed by atoms with Crippen LogP contribution >= 0.6 is 0 Å². The molecule has 0 aliphatic rings. The van der Waals surface area contributed by atoms with Crippen LogP contribution in [0.4, 0.5) is 0 Å². The lowest BCUT2D eigenvalue weighted by Gasteiger charge is -2.07. The van der Waals surface area contributed by atoms with Crippen molar-refractivity contribution in [2.24, 2.45) is 5.73 Å². The minimum atomic E-state index is 0.523. The van der Waals surface area contributed by atoms with E-state index in [0.717, 1.165) is 24.1 Å². The van der Waals surface area contributed by atoms with Gasteiger partial charge in [0.2, 0.25) is 5.88 Å². The number of unbranched alkanes of at least 4 members (excludes halogenated alkanes) is 1. The molecule has 0 saturated heterocycles. The molecule has 0 spiro atoms. The minimum absolute atomic E-state index is 0.523. The maximum absolute atomic E-state index is 5.55. The lowest BCUT2D eigenvalue weighted by Crippen LogP contribution is -2.04. The zero-order chi connectivity index (χ0) is 11.1. The van der Waals surface area contributed by atoms with Gasteiger partial charge < -0.3 is 10.5 Å². The van der Waals surface area contributed by atoms with E-state index in [-0.39, 0.29) is 0 Å². The first kappa shape index (κ1) is 11.7. The summed E-state index contributed by atoms with van der Waals surface area (Å²) in [5.41, 5.74) is 7.56. The predicted octanol–water partition coefficient (Wildman–Crippen LogP) is 2.19. The van der Waals surface area contributed by atoms with Gasteiger partial charge in [-0.1, -0.05) is 12.1 Å². The molecule has 0 aliphatic heterocycles. The Hall–Kier alpha value is -1.35. The highest BCUT2D eigenvalue weighted by molar-refractivity contribution is 5.24. The van der Waals surface area contributed by atoms with Crippen LogP contribution in [0.25, 0.3) is 0 Å². The number of nitrogens with two attached hydrogens (primary N) is 1. The second-order valence-corrected chi connectivity index (χ2v) is 3.38. The van der Waals surface area contributed by atoms with Gasteiger partial charge in [-0.2, -0.15) is 0 Å². The molecular weight excluding hydrogens is 188 g/mol. The first-order valence-electron chi connectivity index (χ1n) is 5.18. The van der Waals surface area contributed by atoms with Crippen molar-refractivity contribution in [1.29, 1.82) is 0 Å². The third-order valence-corrected chi connectivity index (χ3v) is 2.19. The third-order valence-electron chi connectivity index (χ3n) is 2.19. The largest absolute Gasteiger partial charge is 0.478 e. The molecule has 1 aromatic heterocycles. The van der Waals surface area contributed by atoms with Crippen LogP contribution in [0.1, 0.15) is 24.1 Å². The van der Waals surface area contributed by atoms with Gasteiger partial charge in [0, 0.05) is 18.3 Å². The molecule has 0 aliphatic carbocycles. The first-order chi connectivity index (χ1) is 7.27. The van der Waals surface area contributed by atoms with E-state index in [1.165, 1.54) is 0 Å². The smallest absolute Gasteiger partial charge is 0.213 e. The molecular formula is C12H18N2O. The van der Waals surface area contributed by atoms with Gasteiger partial charge in [0.25, 0.3) is 0 Å². The van der Waals surface area contributed by atoms with E-state index in [1.54, 1.807) is 0 Å². The lowest BCUT2D eigenvalue weighted by atomic mass is 10.2. The molecule has 1 heterocycles. The Morgan fingerprint density at radius 2 is 2.33 bits per heavy atom. The van der Waals surface area contributed by atoms with Crippen molar-refractivity contribution < 1.29 is 4.74 Å². The van der Waals surface area contributed by atoms with Gasteiger partial charge in [0.15, 0.2) is 0 Å². The summed E-state index contributed by atoms with van der Waals surface area (Å²) in [5.74, 6) is 0.675. The molecule has 2 N–H and O–H groups in total. The van der Waals surface area contributed by atoms with Crippen molar-refractivity contribution in [2.75, 3.05) is 6.61 Å². The highest BCUT2D eigenvalue weighted by atomic mass is 16.5. The van der Waals surface area contributed by atoms with Crippen LogP contribution in [-0.4, -0.2) is 11.6 Å². The standard InChI is InChI=1S/C12H18N2O/c1-3-4-5-8-15-12-7-6-11(9-13)10(2)14-12/h3,6-7H,1,4-5,8-9,13H2,2H3. The highest BCUT2D eigenvalue weighted by Gasteiger charge is 2.00. The van der Waals surface area contributed by atoms with Crippen LogP contribution in [0.5, 0.6) is 5.88 Å². The fourth-order valence-corrected chi connectivity index (χ4v) is 1.27. The van der Waals surface area contributed by atoms with Gasteiger partial charge >= 0.3 is 0 Å². The molecule has 0 radical (unpaired) electrons. The molecule has 0 unspecified atom stereocenters. The van der Waals surface area contributed by atoms with E-state index in [0.29, 0.717) is 19.0 Å². The summed E-state index contributed by atoms with van der Waals surface area (Å²) in [5, 5.41) is 0. The quantitative estimate of drug-likeness (QED) is 0.573. The van der Waals surface area contributed by atoms with Crippen LogP contribution in [0.2, 0.25) is 0 Å². The van der Waals surface area contributed by atoms with Crippen LogP contribution < -0.4 is 10.5 Å². The maximum Gasteiger partial charge on any atom is 0.213 e. The van der Waals surface area contributed by atoms with Gasteiger partial charge in [-0.3, -0.25) is 0 Å². The number of pyridine rings is 1. The Morgan fingerprint density at radius 1 is 1.53 bits per heavy atom. The van der Waals surface area contributed by atoms with E-state index in [9.17, 15) is 0 Å². The molecule has 0 atom stereocenters. The summed E-state index contributed by atoms with van der Waals surface area (Å²) in [7, 11) is 0. The SMILES string of the molecule is C=CCCCOc1ccc(CN)c(C)n1. The number of aromatic nitrogens is 1. The van der Waals surface area contributed by atoms with Gasteiger partial charge in [0.05, 0.1) is 6.61 Å². The Balaban J connectivity index is 2.48.